The molecule has 0 unspecified atom stereocenters. The Balaban J connectivity index is 1.42. The lowest BCUT2D eigenvalue weighted by atomic mass is 10.0. The van der Waals surface area contributed by atoms with Gasteiger partial charge >= 0.3 is 0 Å². The van der Waals surface area contributed by atoms with Crippen molar-refractivity contribution in [2.45, 2.75) is 25.2 Å². The number of benzene rings is 1. The van der Waals surface area contributed by atoms with Crippen LogP contribution in [0.25, 0.3) is 10.9 Å². The summed E-state index contributed by atoms with van der Waals surface area (Å²) in [5, 5.41) is 1.14. The third kappa shape index (κ3) is 3.32. The molecule has 3 aromatic rings. The molecule has 146 valence electrons. The number of nitrogens with zero attached hydrogens (tertiary/aromatic N) is 4. The second-order valence-corrected chi connectivity index (χ2v) is 9.83. The molecule has 2 aliphatic heterocycles. The zero-order chi connectivity index (χ0) is 19.1. The van der Waals surface area contributed by atoms with Crippen LogP contribution in [0.1, 0.15) is 11.4 Å². The first-order valence-electron chi connectivity index (χ1n) is 9.58. The number of hydrogen-bond donors (Lipinski definition) is 1. The summed E-state index contributed by atoms with van der Waals surface area (Å²) < 4.78 is 24.9. The van der Waals surface area contributed by atoms with Crippen LogP contribution in [0.3, 0.4) is 0 Å². The summed E-state index contributed by atoms with van der Waals surface area (Å²) in [6.07, 6.45) is 5.35. The fourth-order valence-electron chi connectivity index (χ4n) is 4.59. The van der Waals surface area contributed by atoms with E-state index in [0.29, 0.717) is 6.54 Å². The summed E-state index contributed by atoms with van der Waals surface area (Å²) in [5.74, 6) is 1.35. The highest BCUT2D eigenvalue weighted by Crippen LogP contribution is 2.30. The molecule has 28 heavy (non-hydrogen) atoms. The Morgan fingerprint density at radius 3 is 2.50 bits per heavy atom. The Labute approximate surface area is 164 Å². The molecule has 4 heterocycles. The number of fused-ring (bicyclic) bond motifs is 2. The second-order valence-electron chi connectivity index (χ2n) is 7.68. The van der Waals surface area contributed by atoms with Crippen LogP contribution in [0.2, 0.25) is 0 Å². The fraction of sp³-hybridized carbons (Fsp3) is 0.400. The highest BCUT2D eigenvalue weighted by molar-refractivity contribution is 7.91. The first kappa shape index (κ1) is 17.8. The molecule has 0 radical (unpaired) electrons. The molecule has 2 aromatic heterocycles. The van der Waals surface area contributed by atoms with Gasteiger partial charge < -0.3 is 4.98 Å². The third-order valence-electron chi connectivity index (χ3n) is 5.92. The number of aromatic nitrogens is 3. The predicted molar refractivity (Wildman–Crippen MR) is 107 cm³/mol. The number of nitrogens with one attached hydrogen (secondary N) is 1. The van der Waals surface area contributed by atoms with Gasteiger partial charge in [0.2, 0.25) is 0 Å². The van der Waals surface area contributed by atoms with Gasteiger partial charge in [-0.1, -0.05) is 18.2 Å². The number of hydrogen-bond acceptors (Lipinski definition) is 6. The Morgan fingerprint density at radius 2 is 1.75 bits per heavy atom. The number of imidazole rings is 1. The molecule has 7 nitrogen and oxygen atoms in total. The van der Waals surface area contributed by atoms with Gasteiger partial charge in [0, 0.05) is 55.7 Å². The first-order chi connectivity index (χ1) is 13.6. The van der Waals surface area contributed by atoms with E-state index in [4.69, 9.17) is 0 Å². The lowest BCUT2D eigenvalue weighted by Gasteiger charge is -2.43. The fourth-order valence-corrected chi connectivity index (χ4v) is 6.63. The molecule has 5 rings (SSSR count). The molecule has 0 bridgehead atoms. The molecule has 2 saturated heterocycles. The second kappa shape index (κ2) is 6.95. The average molecular weight is 398 g/mol. The summed E-state index contributed by atoms with van der Waals surface area (Å²) in [6.45, 7) is 3.08. The van der Waals surface area contributed by atoms with Gasteiger partial charge in [0.15, 0.2) is 9.84 Å². The molecule has 1 N–H and O–H groups in total. The average Bonchev–Trinajstić information content (AvgIpc) is 3.31. The van der Waals surface area contributed by atoms with Crippen LogP contribution in [0.4, 0.5) is 0 Å². The Hall–Kier alpha value is -2.29. The van der Waals surface area contributed by atoms with Crippen molar-refractivity contribution >= 4 is 20.7 Å². The molecule has 0 spiro atoms. The summed E-state index contributed by atoms with van der Waals surface area (Å²) in [5.41, 5.74) is 2.18. The zero-order valence-corrected chi connectivity index (χ0v) is 16.3. The smallest absolute Gasteiger partial charge is 0.153 e. The normalized spacial score (nSPS) is 25.1. The van der Waals surface area contributed by atoms with Crippen molar-refractivity contribution in [1.82, 2.24) is 24.8 Å². The van der Waals surface area contributed by atoms with Gasteiger partial charge in [-0.25, -0.2) is 13.4 Å². The number of H-pyrrole nitrogens is 1. The van der Waals surface area contributed by atoms with Crippen molar-refractivity contribution in [1.29, 1.82) is 0 Å². The minimum absolute atomic E-state index is 0.0111. The van der Waals surface area contributed by atoms with E-state index in [-0.39, 0.29) is 23.6 Å². The molecule has 0 aliphatic carbocycles. The van der Waals surface area contributed by atoms with Crippen molar-refractivity contribution in [3.63, 3.8) is 0 Å². The molecule has 2 fully saturated rings. The lowest BCUT2D eigenvalue weighted by Crippen LogP contribution is -2.58. The topological polar surface area (TPSA) is 82.2 Å². The SMILES string of the molecule is O=S1(=O)C[C@@H]2[C@H](C1)N(Cc1cccc3ncccc13)CCN2Cc1ncc[nH]1. The van der Waals surface area contributed by atoms with E-state index < -0.39 is 9.84 Å². The quantitative estimate of drug-likeness (QED) is 0.717. The van der Waals surface area contributed by atoms with Crippen LogP contribution in [0.15, 0.2) is 48.9 Å². The number of sulfone groups is 1. The van der Waals surface area contributed by atoms with Gasteiger partial charge in [-0.15, -0.1) is 0 Å². The Bertz CT molecular complexity index is 1080. The molecule has 0 saturated carbocycles. The van der Waals surface area contributed by atoms with Crippen LogP contribution in [0.5, 0.6) is 0 Å². The van der Waals surface area contributed by atoms with Crippen molar-refractivity contribution in [2.24, 2.45) is 0 Å². The lowest BCUT2D eigenvalue weighted by molar-refractivity contribution is 0.0344. The molecular formula is C20H23N5O2S. The molecule has 2 aliphatic rings. The zero-order valence-electron chi connectivity index (χ0n) is 15.5. The molecular weight excluding hydrogens is 374 g/mol. The highest BCUT2D eigenvalue weighted by atomic mass is 32.2. The Kier molecular flexibility index (Phi) is 4.41. The van der Waals surface area contributed by atoms with Gasteiger partial charge in [-0.2, -0.15) is 0 Å². The van der Waals surface area contributed by atoms with Crippen molar-refractivity contribution < 1.29 is 8.42 Å². The van der Waals surface area contributed by atoms with Crippen LogP contribution in [-0.4, -0.2) is 69.8 Å². The maximum atomic E-state index is 12.5. The van der Waals surface area contributed by atoms with E-state index in [0.717, 1.165) is 36.4 Å². The predicted octanol–water partition coefficient (Wildman–Crippen LogP) is 1.44. The number of aromatic amines is 1. The van der Waals surface area contributed by atoms with Gasteiger partial charge in [0.05, 0.1) is 23.6 Å². The maximum Gasteiger partial charge on any atom is 0.153 e. The van der Waals surface area contributed by atoms with Gasteiger partial charge in [0.1, 0.15) is 5.82 Å². The minimum atomic E-state index is -3.03. The van der Waals surface area contributed by atoms with Crippen molar-refractivity contribution in [2.75, 3.05) is 24.6 Å². The summed E-state index contributed by atoms with van der Waals surface area (Å²) in [7, 11) is -3.03. The van der Waals surface area contributed by atoms with E-state index in [1.165, 1.54) is 5.56 Å². The van der Waals surface area contributed by atoms with E-state index >= 15 is 0 Å². The van der Waals surface area contributed by atoms with E-state index in [2.05, 4.69) is 36.9 Å². The Morgan fingerprint density at radius 1 is 0.964 bits per heavy atom. The number of pyridine rings is 1. The van der Waals surface area contributed by atoms with E-state index in [9.17, 15) is 8.42 Å². The van der Waals surface area contributed by atoms with Crippen LogP contribution in [-0.2, 0) is 22.9 Å². The number of rotatable bonds is 4. The third-order valence-corrected chi connectivity index (χ3v) is 7.62. The van der Waals surface area contributed by atoms with Crippen LogP contribution in [0, 0.1) is 0 Å². The van der Waals surface area contributed by atoms with Crippen LogP contribution >= 0.6 is 0 Å². The van der Waals surface area contributed by atoms with Crippen LogP contribution < -0.4 is 0 Å². The minimum Gasteiger partial charge on any atom is -0.348 e. The van der Waals surface area contributed by atoms with Gasteiger partial charge in [-0.05, 0) is 17.7 Å². The largest absolute Gasteiger partial charge is 0.348 e. The molecule has 0 amide bonds. The summed E-state index contributed by atoms with van der Waals surface area (Å²) >= 11 is 0. The molecule has 1 aromatic carbocycles. The monoisotopic (exact) mass is 397 g/mol. The van der Waals surface area contributed by atoms with E-state index in [1.807, 2.05) is 24.4 Å². The van der Waals surface area contributed by atoms with Crippen molar-refractivity contribution in [3.05, 3.63) is 60.3 Å². The van der Waals surface area contributed by atoms with Gasteiger partial charge in [-0.3, -0.25) is 14.8 Å². The van der Waals surface area contributed by atoms with Crippen molar-refractivity contribution in [3.8, 4) is 0 Å². The highest BCUT2D eigenvalue weighted by Gasteiger charge is 2.46. The standard InChI is InChI=1S/C20H23N5O2S/c26-28(27)13-18-19(14-28)25(12-20-22-7-8-23-20)10-9-24(18)11-15-3-1-5-17-16(15)4-2-6-21-17/h1-8,18-19H,9-14H2,(H,22,23)/t18-,19+/m0/s1. The van der Waals surface area contributed by atoms with Gasteiger partial charge in [0.25, 0.3) is 0 Å². The number of piperazine rings is 1. The maximum absolute atomic E-state index is 12.5. The molecule has 8 heteroatoms. The van der Waals surface area contributed by atoms with E-state index in [1.54, 1.807) is 12.4 Å². The summed E-state index contributed by atoms with van der Waals surface area (Å²) in [4.78, 5) is 16.5. The summed E-state index contributed by atoms with van der Waals surface area (Å²) in [6, 6.07) is 10.2. The molecule has 2 atom stereocenters. The first-order valence-corrected chi connectivity index (χ1v) is 11.4.